The largest absolute Gasteiger partial charge is 0.385 e. The first-order chi connectivity index (χ1) is 7.99. The highest BCUT2D eigenvalue weighted by Crippen LogP contribution is 2.20. The molecule has 0 aromatic carbocycles. The third kappa shape index (κ3) is 4.39. The van der Waals surface area contributed by atoms with E-state index in [-0.39, 0.29) is 18.8 Å². The normalized spacial score (nSPS) is 30.6. The van der Waals surface area contributed by atoms with Crippen LogP contribution in [0.4, 0.5) is 0 Å². The van der Waals surface area contributed by atoms with Gasteiger partial charge in [-0.15, -0.1) is 6.58 Å². The molecule has 4 heteroatoms. The molecule has 0 amide bonds. The number of piperidine rings is 1. The first kappa shape index (κ1) is 14.6. The van der Waals surface area contributed by atoms with E-state index in [1.165, 1.54) is 0 Å². The fraction of sp³-hybridized carbons (Fsp3) is 0.846. The van der Waals surface area contributed by atoms with Crippen LogP contribution in [0.1, 0.15) is 20.3 Å². The molecule has 1 aliphatic rings. The van der Waals surface area contributed by atoms with E-state index in [0.717, 1.165) is 19.5 Å². The Bertz CT molecular complexity index is 243. The summed E-state index contributed by atoms with van der Waals surface area (Å²) in [7, 11) is 1.58. The zero-order chi connectivity index (χ0) is 12.9. The van der Waals surface area contributed by atoms with E-state index in [1.54, 1.807) is 14.0 Å². The molecule has 100 valence electrons. The standard InChI is InChI=1S/C13H25NO3/c1-5-11-6-12(8-14-7-11)17-10(2)13(3,15)9-16-4/h5,10-12,14-15H,1,6-9H2,2-4H3. The van der Waals surface area contributed by atoms with Crippen LogP contribution in [0.15, 0.2) is 12.7 Å². The van der Waals surface area contributed by atoms with E-state index in [4.69, 9.17) is 9.47 Å². The van der Waals surface area contributed by atoms with Crippen LogP contribution < -0.4 is 5.32 Å². The highest BCUT2D eigenvalue weighted by Gasteiger charge is 2.32. The smallest absolute Gasteiger partial charge is 0.111 e. The zero-order valence-electron chi connectivity index (χ0n) is 11.1. The molecule has 0 spiro atoms. The monoisotopic (exact) mass is 243 g/mol. The molecular formula is C13H25NO3. The summed E-state index contributed by atoms with van der Waals surface area (Å²) in [5.74, 6) is 0.452. The predicted octanol–water partition coefficient (Wildman–Crippen LogP) is 0.953. The number of nitrogens with one attached hydrogen (secondary N) is 1. The maximum absolute atomic E-state index is 10.1. The van der Waals surface area contributed by atoms with Crippen molar-refractivity contribution in [3.05, 3.63) is 12.7 Å². The number of hydrogen-bond donors (Lipinski definition) is 2. The fourth-order valence-electron chi connectivity index (χ4n) is 2.06. The van der Waals surface area contributed by atoms with Gasteiger partial charge in [0.05, 0.1) is 18.8 Å². The third-order valence-corrected chi connectivity index (χ3v) is 3.39. The number of aliphatic hydroxyl groups is 1. The molecule has 1 saturated heterocycles. The molecule has 0 aliphatic carbocycles. The van der Waals surface area contributed by atoms with E-state index >= 15 is 0 Å². The van der Waals surface area contributed by atoms with Crippen molar-refractivity contribution >= 4 is 0 Å². The minimum atomic E-state index is -0.949. The van der Waals surface area contributed by atoms with Gasteiger partial charge in [-0.05, 0) is 26.2 Å². The summed E-state index contributed by atoms with van der Waals surface area (Å²) in [6.45, 7) is 9.51. The van der Waals surface area contributed by atoms with E-state index in [0.29, 0.717) is 5.92 Å². The van der Waals surface area contributed by atoms with Gasteiger partial charge in [-0.25, -0.2) is 0 Å². The zero-order valence-corrected chi connectivity index (χ0v) is 11.1. The third-order valence-electron chi connectivity index (χ3n) is 3.39. The Balaban J connectivity index is 2.44. The SMILES string of the molecule is C=CC1CNCC(OC(C)C(C)(O)COC)C1. The fourth-order valence-corrected chi connectivity index (χ4v) is 2.06. The number of rotatable bonds is 6. The summed E-state index contributed by atoms with van der Waals surface area (Å²) in [6.07, 6.45) is 2.80. The van der Waals surface area contributed by atoms with Crippen LogP contribution in [-0.2, 0) is 9.47 Å². The molecular weight excluding hydrogens is 218 g/mol. The van der Waals surface area contributed by atoms with Gasteiger partial charge in [-0.3, -0.25) is 0 Å². The Morgan fingerprint density at radius 2 is 2.29 bits per heavy atom. The van der Waals surface area contributed by atoms with Gasteiger partial charge in [-0.2, -0.15) is 0 Å². The van der Waals surface area contributed by atoms with Crippen molar-refractivity contribution in [3.63, 3.8) is 0 Å². The van der Waals surface area contributed by atoms with E-state index in [9.17, 15) is 5.11 Å². The molecule has 1 rings (SSSR count). The average molecular weight is 243 g/mol. The van der Waals surface area contributed by atoms with Crippen LogP contribution in [0, 0.1) is 5.92 Å². The molecule has 17 heavy (non-hydrogen) atoms. The Labute approximate surface area is 104 Å². The first-order valence-electron chi connectivity index (χ1n) is 6.19. The molecule has 4 unspecified atom stereocenters. The maximum atomic E-state index is 10.1. The lowest BCUT2D eigenvalue weighted by molar-refractivity contribution is -0.145. The van der Waals surface area contributed by atoms with Crippen molar-refractivity contribution in [2.75, 3.05) is 26.8 Å². The second-order valence-electron chi connectivity index (χ2n) is 5.08. The predicted molar refractivity (Wildman–Crippen MR) is 68.0 cm³/mol. The Hall–Kier alpha value is -0.420. The lowest BCUT2D eigenvalue weighted by Gasteiger charge is -2.35. The van der Waals surface area contributed by atoms with Gasteiger partial charge < -0.3 is 19.9 Å². The number of ether oxygens (including phenoxy) is 2. The number of hydrogen-bond acceptors (Lipinski definition) is 4. The Morgan fingerprint density at radius 1 is 1.59 bits per heavy atom. The van der Waals surface area contributed by atoms with E-state index < -0.39 is 5.60 Å². The van der Waals surface area contributed by atoms with Crippen LogP contribution in [0.5, 0.6) is 0 Å². The topological polar surface area (TPSA) is 50.7 Å². The second kappa shape index (κ2) is 6.50. The maximum Gasteiger partial charge on any atom is 0.111 e. The highest BCUT2D eigenvalue weighted by atomic mass is 16.5. The summed E-state index contributed by atoms with van der Waals surface area (Å²) < 4.78 is 10.9. The summed E-state index contributed by atoms with van der Waals surface area (Å²) >= 11 is 0. The van der Waals surface area contributed by atoms with Gasteiger partial charge in [0.25, 0.3) is 0 Å². The lowest BCUT2D eigenvalue weighted by Crippen LogP contribution is -2.48. The quantitative estimate of drug-likeness (QED) is 0.682. The van der Waals surface area contributed by atoms with Gasteiger partial charge in [0, 0.05) is 20.2 Å². The lowest BCUT2D eigenvalue weighted by atomic mass is 9.96. The summed E-state index contributed by atoms with van der Waals surface area (Å²) in [5.41, 5.74) is -0.949. The van der Waals surface area contributed by atoms with Crippen molar-refractivity contribution in [1.82, 2.24) is 5.32 Å². The van der Waals surface area contributed by atoms with Crippen molar-refractivity contribution < 1.29 is 14.6 Å². The Kier molecular flexibility index (Phi) is 5.59. The molecule has 0 bridgehead atoms. The molecule has 0 aromatic heterocycles. The van der Waals surface area contributed by atoms with Crippen molar-refractivity contribution in [1.29, 1.82) is 0 Å². The van der Waals surface area contributed by atoms with Crippen molar-refractivity contribution in [3.8, 4) is 0 Å². The van der Waals surface area contributed by atoms with Crippen LogP contribution in [0.2, 0.25) is 0 Å². The summed E-state index contributed by atoms with van der Waals surface area (Å²) in [5, 5.41) is 13.5. The molecule has 0 radical (unpaired) electrons. The summed E-state index contributed by atoms with van der Waals surface area (Å²) in [4.78, 5) is 0. The Morgan fingerprint density at radius 3 is 2.88 bits per heavy atom. The van der Waals surface area contributed by atoms with Crippen molar-refractivity contribution in [2.24, 2.45) is 5.92 Å². The molecule has 2 N–H and O–H groups in total. The molecule has 1 aliphatic heterocycles. The van der Waals surface area contributed by atoms with Gasteiger partial charge >= 0.3 is 0 Å². The van der Waals surface area contributed by atoms with Gasteiger partial charge in [0.1, 0.15) is 5.60 Å². The molecule has 4 atom stereocenters. The van der Waals surface area contributed by atoms with Gasteiger partial charge in [0.15, 0.2) is 0 Å². The van der Waals surface area contributed by atoms with Gasteiger partial charge in [-0.1, -0.05) is 6.08 Å². The van der Waals surface area contributed by atoms with Crippen LogP contribution >= 0.6 is 0 Å². The second-order valence-corrected chi connectivity index (χ2v) is 5.08. The minimum Gasteiger partial charge on any atom is -0.385 e. The van der Waals surface area contributed by atoms with Crippen LogP contribution in [0.25, 0.3) is 0 Å². The molecule has 0 saturated carbocycles. The molecule has 0 aromatic rings. The van der Waals surface area contributed by atoms with Crippen LogP contribution in [0.3, 0.4) is 0 Å². The summed E-state index contributed by atoms with van der Waals surface area (Å²) in [6, 6.07) is 0. The molecule has 1 heterocycles. The first-order valence-corrected chi connectivity index (χ1v) is 6.19. The van der Waals surface area contributed by atoms with E-state index in [1.807, 2.05) is 13.0 Å². The van der Waals surface area contributed by atoms with Crippen molar-refractivity contribution in [2.45, 2.75) is 38.1 Å². The highest BCUT2D eigenvalue weighted by molar-refractivity contribution is 4.89. The molecule has 4 nitrogen and oxygen atoms in total. The van der Waals surface area contributed by atoms with Crippen LogP contribution in [-0.4, -0.2) is 49.7 Å². The number of methoxy groups -OCH3 is 1. The minimum absolute atomic E-state index is 0.130. The van der Waals surface area contributed by atoms with E-state index in [2.05, 4.69) is 11.9 Å². The molecule has 1 fully saturated rings. The van der Waals surface area contributed by atoms with Gasteiger partial charge in [0.2, 0.25) is 0 Å². The average Bonchev–Trinajstić information content (AvgIpc) is 2.29.